The molecule has 126 valence electrons. The molecule has 25 heavy (non-hydrogen) atoms. The summed E-state index contributed by atoms with van der Waals surface area (Å²) in [5, 5.41) is 8.84. The van der Waals surface area contributed by atoms with Crippen LogP contribution >= 0.6 is 0 Å². The number of pyridine rings is 1. The Balaban J connectivity index is 1.69. The first-order valence-electron chi connectivity index (χ1n) is 7.97. The highest BCUT2D eigenvalue weighted by atomic mass is 16.6. The molecule has 6 nitrogen and oxygen atoms in total. The summed E-state index contributed by atoms with van der Waals surface area (Å²) in [6.45, 7) is 5.43. The molecule has 0 saturated carbocycles. The molecule has 3 rings (SSSR count). The van der Waals surface area contributed by atoms with Crippen molar-refractivity contribution in [3.63, 3.8) is 0 Å². The number of nitrogens with zero attached hydrogens (tertiary/aromatic N) is 3. The normalized spacial score (nSPS) is 11.6. The molecule has 3 aromatic rings. The van der Waals surface area contributed by atoms with Crippen molar-refractivity contribution in [3.8, 4) is 0 Å². The van der Waals surface area contributed by atoms with Crippen molar-refractivity contribution in [1.29, 1.82) is 0 Å². The Bertz CT molecular complexity index is 915. The van der Waals surface area contributed by atoms with Crippen LogP contribution in [0.25, 0.3) is 10.9 Å². The van der Waals surface area contributed by atoms with Crippen molar-refractivity contribution in [1.82, 2.24) is 15.2 Å². The van der Waals surface area contributed by atoms with Gasteiger partial charge in [0.25, 0.3) is 0 Å². The molecule has 0 atom stereocenters. The van der Waals surface area contributed by atoms with Crippen LogP contribution in [0.3, 0.4) is 0 Å². The summed E-state index contributed by atoms with van der Waals surface area (Å²) in [5.74, 6) is 0.239. The molecule has 0 bridgehead atoms. The summed E-state index contributed by atoms with van der Waals surface area (Å²) in [4.78, 5) is 16.4. The van der Waals surface area contributed by atoms with E-state index in [1.165, 1.54) is 0 Å². The third-order valence-electron chi connectivity index (χ3n) is 3.33. The third kappa shape index (κ3) is 4.65. The topological polar surface area (TPSA) is 78.1 Å². The quantitative estimate of drug-likeness (QED) is 0.535. The van der Waals surface area contributed by atoms with E-state index in [1.807, 2.05) is 51.1 Å². The molecular formula is C18H18BN3O3. The maximum atomic E-state index is 11.8. The average molecular weight is 335 g/mol. The minimum Gasteiger partial charge on any atom is -0.460 e. The van der Waals surface area contributed by atoms with E-state index in [4.69, 9.17) is 17.0 Å². The van der Waals surface area contributed by atoms with Gasteiger partial charge in [0, 0.05) is 0 Å². The van der Waals surface area contributed by atoms with Gasteiger partial charge in [-0.3, -0.25) is 9.78 Å². The Hall–Kier alpha value is -2.70. The van der Waals surface area contributed by atoms with Gasteiger partial charge >= 0.3 is 5.97 Å². The van der Waals surface area contributed by atoms with Crippen molar-refractivity contribution in [3.05, 3.63) is 47.8 Å². The summed E-state index contributed by atoms with van der Waals surface area (Å²) in [5.41, 5.74) is 1.80. The van der Waals surface area contributed by atoms with Gasteiger partial charge in [0.1, 0.15) is 19.9 Å². The number of hydrogen-bond donors (Lipinski definition) is 0. The highest BCUT2D eigenvalue weighted by molar-refractivity contribution is 6.33. The van der Waals surface area contributed by atoms with E-state index >= 15 is 0 Å². The minimum atomic E-state index is -0.543. The van der Waals surface area contributed by atoms with Crippen LogP contribution in [0.4, 0.5) is 0 Å². The van der Waals surface area contributed by atoms with E-state index in [0.717, 1.165) is 16.6 Å². The van der Waals surface area contributed by atoms with Crippen molar-refractivity contribution < 1.29 is 13.9 Å². The van der Waals surface area contributed by atoms with Gasteiger partial charge in [-0.2, -0.15) is 0 Å². The van der Waals surface area contributed by atoms with Crippen molar-refractivity contribution in [2.24, 2.45) is 0 Å². The Kier molecular flexibility index (Phi) is 4.57. The Morgan fingerprint density at radius 2 is 1.92 bits per heavy atom. The number of fused-ring (bicyclic) bond motifs is 1. The fourth-order valence-corrected chi connectivity index (χ4v) is 2.37. The van der Waals surface area contributed by atoms with Gasteiger partial charge in [-0.15, -0.1) is 10.2 Å². The van der Waals surface area contributed by atoms with E-state index in [-0.39, 0.29) is 12.3 Å². The molecule has 2 radical (unpaired) electrons. The fraction of sp³-hybridized carbons (Fsp3) is 0.333. The number of benzene rings is 1. The fourth-order valence-electron chi connectivity index (χ4n) is 2.37. The Labute approximate surface area is 147 Å². The minimum absolute atomic E-state index is 0.0469. The van der Waals surface area contributed by atoms with E-state index in [0.29, 0.717) is 17.8 Å². The molecule has 2 heterocycles. The highest BCUT2D eigenvalue weighted by Gasteiger charge is 2.19. The van der Waals surface area contributed by atoms with Gasteiger partial charge in [0.05, 0.1) is 17.6 Å². The maximum Gasteiger partial charge on any atom is 0.315 e. The number of carbonyl (C=O) groups excluding carboxylic acids is 1. The molecule has 0 aliphatic heterocycles. The van der Waals surface area contributed by atoms with Crippen LogP contribution in [0.15, 0.2) is 34.7 Å². The zero-order valence-corrected chi connectivity index (χ0v) is 14.4. The van der Waals surface area contributed by atoms with Crippen molar-refractivity contribution >= 4 is 30.2 Å². The van der Waals surface area contributed by atoms with Crippen LogP contribution in [-0.4, -0.2) is 34.6 Å². The largest absolute Gasteiger partial charge is 0.460 e. The van der Waals surface area contributed by atoms with Crippen LogP contribution in [-0.2, 0) is 22.4 Å². The van der Waals surface area contributed by atoms with Gasteiger partial charge in [0.2, 0.25) is 11.8 Å². The number of hydrogen-bond acceptors (Lipinski definition) is 6. The molecule has 0 spiro atoms. The highest BCUT2D eigenvalue weighted by Crippen LogP contribution is 2.14. The van der Waals surface area contributed by atoms with Crippen molar-refractivity contribution in [2.75, 3.05) is 0 Å². The molecule has 0 aliphatic rings. The molecule has 2 aromatic heterocycles. The molecule has 7 heteroatoms. The smallest absolute Gasteiger partial charge is 0.315 e. The predicted octanol–water partition coefficient (Wildman–Crippen LogP) is 1.89. The van der Waals surface area contributed by atoms with Crippen molar-refractivity contribution in [2.45, 2.75) is 39.2 Å². The molecule has 1 aromatic carbocycles. The first kappa shape index (κ1) is 17.1. The SMILES string of the molecule is [B]c1ccc2nc(Cc3nnc(CC(=O)OC(C)(C)C)o3)ccc2c1. The number of esters is 1. The average Bonchev–Trinajstić information content (AvgIpc) is 2.92. The predicted molar refractivity (Wildman–Crippen MR) is 93.8 cm³/mol. The molecule has 0 N–H and O–H groups in total. The number of carbonyl (C=O) groups is 1. The zero-order valence-electron chi connectivity index (χ0n) is 14.4. The standard InChI is InChI=1S/C18H18BN3O3/c1-18(2,3)25-17(23)10-16-22-21-15(24-16)9-13-6-4-11-8-12(19)5-7-14(11)20-13/h4-8H,9-10H2,1-3H3. The van der Waals surface area contributed by atoms with Crippen LogP contribution in [0, 0.1) is 0 Å². The first-order chi connectivity index (χ1) is 11.8. The van der Waals surface area contributed by atoms with E-state index in [1.54, 1.807) is 0 Å². The van der Waals surface area contributed by atoms with E-state index < -0.39 is 11.6 Å². The molecular weight excluding hydrogens is 317 g/mol. The summed E-state index contributed by atoms with van der Waals surface area (Å²) >= 11 is 0. The summed E-state index contributed by atoms with van der Waals surface area (Å²) in [6.07, 6.45) is 0.344. The van der Waals surface area contributed by atoms with E-state index in [9.17, 15) is 4.79 Å². The monoisotopic (exact) mass is 335 g/mol. The summed E-state index contributed by atoms with van der Waals surface area (Å²) in [7, 11) is 5.77. The number of rotatable bonds is 4. The van der Waals surface area contributed by atoms with Crippen LogP contribution in [0.5, 0.6) is 0 Å². The van der Waals surface area contributed by atoms with Gasteiger partial charge in [-0.1, -0.05) is 23.7 Å². The lowest BCUT2D eigenvalue weighted by atomic mass is 9.95. The summed E-state index contributed by atoms with van der Waals surface area (Å²) < 4.78 is 10.8. The van der Waals surface area contributed by atoms with Crippen LogP contribution in [0.2, 0.25) is 0 Å². The van der Waals surface area contributed by atoms with Gasteiger partial charge < -0.3 is 9.15 Å². The van der Waals surface area contributed by atoms with Crippen LogP contribution < -0.4 is 5.46 Å². The molecule has 0 fully saturated rings. The van der Waals surface area contributed by atoms with Gasteiger partial charge in [-0.05, 0) is 38.3 Å². The summed E-state index contributed by atoms with van der Waals surface area (Å²) in [6, 6.07) is 9.39. The molecule has 0 amide bonds. The number of ether oxygens (including phenoxy) is 1. The van der Waals surface area contributed by atoms with Gasteiger partial charge in [-0.25, -0.2) is 0 Å². The third-order valence-corrected chi connectivity index (χ3v) is 3.33. The first-order valence-corrected chi connectivity index (χ1v) is 7.97. The van der Waals surface area contributed by atoms with E-state index in [2.05, 4.69) is 15.2 Å². The zero-order chi connectivity index (χ0) is 18.0. The molecule has 0 unspecified atom stereocenters. The molecule has 0 saturated heterocycles. The maximum absolute atomic E-state index is 11.8. The molecule has 0 aliphatic carbocycles. The van der Waals surface area contributed by atoms with Crippen LogP contribution in [0.1, 0.15) is 38.2 Å². The second-order valence-corrected chi connectivity index (χ2v) is 6.78. The lowest BCUT2D eigenvalue weighted by molar-refractivity contribution is -0.154. The number of aromatic nitrogens is 3. The second-order valence-electron chi connectivity index (χ2n) is 6.78. The Morgan fingerprint density at radius 3 is 2.68 bits per heavy atom. The Morgan fingerprint density at radius 1 is 1.16 bits per heavy atom. The lowest BCUT2D eigenvalue weighted by Crippen LogP contribution is -2.24. The van der Waals surface area contributed by atoms with Gasteiger partial charge in [0.15, 0.2) is 0 Å². The second kappa shape index (κ2) is 6.66. The lowest BCUT2D eigenvalue weighted by Gasteiger charge is -2.18.